The minimum absolute atomic E-state index is 0.305. The Morgan fingerprint density at radius 1 is 1.39 bits per heavy atom. The first-order valence-corrected chi connectivity index (χ1v) is 7.45. The summed E-state index contributed by atoms with van der Waals surface area (Å²) in [5.41, 5.74) is 0.997. The summed E-state index contributed by atoms with van der Waals surface area (Å²) in [5.74, 6) is 0.305. The van der Waals surface area contributed by atoms with Crippen LogP contribution < -0.4 is 4.72 Å². The van der Waals surface area contributed by atoms with Crippen LogP contribution in [0.1, 0.15) is 5.56 Å². The Morgan fingerprint density at radius 3 is 2.83 bits per heavy atom. The van der Waals surface area contributed by atoms with Crippen molar-refractivity contribution in [1.82, 2.24) is 9.78 Å². The number of sulfonamides is 1. The molecule has 1 heterocycles. The van der Waals surface area contributed by atoms with Crippen LogP contribution in [0, 0.1) is 0 Å². The zero-order chi connectivity index (χ0) is 13.2. The summed E-state index contributed by atoms with van der Waals surface area (Å²) in [6.07, 6.45) is 2.79. The van der Waals surface area contributed by atoms with Gasteiger partial charge in [0.15, 0.2) is 5.82 Å². The molecule has 0 fully saturated rings. The van der Waals surface area contributed by atoms with E-state index >= 15 is 0 Å². The highest BCUT2D eigenvalue weighted by Crippen LogP contribution is 2.12. The van der Waals surface area contributed by atoms with Crippen molar-refractivity contribution in [2.75, 3.05) is 11.0 Å². The van der Waals surface area contributed by atoms with E-state index in [0.717, 1.165) is 11.8 Å². The van der Waals surface area contributed by atoms with E-state index in [2.05, 4.69) is 9.82 Å². The zero-order valence-electron chi connectivity index (χ0n) is 9.67. The molecule has 0 atom stereocenters. The quantitative estimate of drug-likeness (QED) is 0.934. The van der Waals surface area contributed by atoms with Gasteiger partial charge in [-0.25, -0.2) is 8.42 Å². The number of nitrogens with one attached hydrogen (secondary N) is 1. The summed E-state index contributed by atoms with van der Waals surface area (Å²) in [6, 6.07) is 9.03. The molecule has 2 rings (SSSR count). The standard InChI is InChI=1S/C11H12ClN3O2S/c1-18(16,17)14-11-5-6-15(13-11)8-9-3-2-4-10(12)7-9/h2-7H,8H2,1H3,(H,13,14). The molecule has 0 aliphatic heterocycles. The lowest BCUT2D eigenvalue weighted by Crippen LogP contribution is -2.10. The molecular formula is C11H12ClN3O2S. The van der Waals surface area contributed by atoms with Crippen molar-refractivity contribution in [2.45, 2.75) is 6.54 Å². The molecule has 5 nitrogen and oxygen atoms in total. The number of benzene rings is 1. The van der Waals surface area contributed by atoms with E-state index in [1.807, 2.05) is 18.2 Å². The van der Waals surface area contributed by atoms with Crippen molar-refractivity contribution in [1.29, 1.82) is 0 Å². The van der Waals surface area contributed by atoms with Crippen molar-refractivity contribution in [3.63, 3.8) is 0 Å². The Balaban J connectivity index is 2.12. The van der Waals surface area contributed by atoms with E-state index in [1.54, 1.807) is 23.0 Å². The lowest BCUT2D eigenvalue weighted by molar-refractivity contribution is 0.606. The van der Waals surface area contributed by atoms with Crippen molar-refractivity contribution >= 4 is 27.4 Å². The van der Waals surface area contributed by atoms with Crippen molar-refractivity contribution in [3.8, 4) is 0 Å². The first-order valence-electron chi connectivity index (χ1n) is 5.18. The largest absolute Gasteiger partial charge is 0.266 e. The smallest absolute Gasteiger partial charge is 0.231 e. The summed E-state index contributed by atoms with van der Waals surface area (Å²) >= 11 is 5.88. The average Bonchev–Trinajstić information content (AvgIpc) is 2.62. The molecule has 96 valence electrons. The van der Waals surface area contributed by atoms with Crippen LogP contribution >= 0.6 is 11.6 Å². The molecular weight excluding hydrogens is 274 g/mol. The van der Waals surface area contributed by atoms with Gasteiger partial charge < -0.3 is 0 Å². The predicted molar refractivity (Wildman–Crippen MR) is 71.2 cm³/mol. The van der Waals surface area contributed by atoms with Crippen LogP contribution in [0.2, 0.25) is 5.02 Å². The van der Waals surface area contributed by atoms with Crippen molar-refractivity contribution in [3.05, 3.63) is 47.1 Å². The number of hydrogen-bond acceptors (Lipinski definition) is 3. The van der Waals surface area contributed by atoms with Gasteiger partial charge in [-0.1, -0.05) is 23.7 Å². The molecule has 0 saturated heterocycles. The Morgan fingerprint density at radius 2 is 2.17 bits per heavy atom. The molecule has 0 amide bonds. The fraction of sp³-hybridized carbons (Fsp3) is 0.182. The van der Waals surface area contributed by atoms with E-state index < -0.39 is 10.0 Å². The molecule has 0 aliphatic carbocycles. The van der Waals surface area contributed by atoms with E-state index in [4.69, 9.17) is 11.6 Å². The summed E-state index contributed by atoms with van der Waals surface area (Å²) in [5, 5.41) is 4.77. The maximum atomic E-state index is 11.0. The molecule has 7 heteroatoms. The van der Waals surface area contributed by atoms with Crippen LogP contribution in [-0.4, -0.2) is 24.5 Å². The second-order valence-corrected chi connectivity index (χ2v) is 6.09. The minimum atomic E-state index is -3.29. The molecule has 1 N–H and O–H groups in total. The third kappa shape index (κ3) is 3.75. The van der Waals surface area contributed by atoms with Crippen molar-refractivity contribution < 1.29 is 8.42 Å². The lowest BCUT2D eigenvalue weighted by atomic mass is 10.2. The first kappa shape index (κ1) is 12.9. The van der Waals surface area contributed by atoms with Gasteiger partial charge in [0, 0.05) is 17.3 Å². The summed E-state index contributed by atoms with van der Waals surface area (Å²) in [4.78, 5) is 0. The molecule has 1 aromatic heterocycles. The highest BCUT2D eigenvalue weighted by Gasteiger charge is 2.05. The van der Waals surface area contributed by atoms with Gasteiger partial charge >= 0.3 is 0 Å². The molecule has 0 aliphatic rings. The second-order valence-electron chi connectivity index (χ2n) is 3.90. The number of halogens is 1. The lowest BCUT2D eigenvalue weighted by Gasteiger charge is -2.02. The van der Waals surface area contributed by atoms with Gasteiger partial charge in [-0.05, 0) is 17.7 Å². The maximum Gasteiger partial charge on any atom is 0.231 e. The van der Waals surface area contributed by atoms with E-state index in [9.17, 15) is 8.42 Å². The number of aromatic nitrogens is 2. The third-order valence-electron chi connectivity index (χ3n) is 2.16. The number of hydrogen-bond donors (Lipinski definition) is 1. The van der Waals surface area contributed by atoms with Crippen LogP contribution in [0.25, 0.3) is 0 Å². The molecule has 0 unspecified atom stereocenters. The molecule has 0 radical (unpaired) electrons. The molecule has 1 aromatic carbocycles. The number of anilines is 1. The SMILES string of the molecule is CS(=O)(=O)Nc1ccn(Cc2cccc(Cl)c2)n1. The number of rotatable bonds is 4. The summed E-state index contributed by atoms with van der Waals surface area (Å²) < 4.78 is 26.0. The molecule has 2 aromatic rings. The van der Waals surface area contributed by atoms with E-state index in [-0.39, 0.29) is 0 Å². The van der Waals surface area contributed by atoms with Gasteiger partial charge in [-0.15, -0.1) is 0 Å². The van der Waals surface area contributed by atoms with Crippen LogP contribution in [0.5, 0.6) is 0 Å². The van der Waals surface area contributed by atoms with Crippen LogP contribution in [0.4, 0.5) is 5.82 Å². The predicted octanol–water partition coefficient (Wildman–Crippen LogP) is 1.96. The van der Waals surface area contributed by atoms with E-state index in [1.165, 1.54) is 0 Å². The Hall–Kier alpha value is -1.53. The highest BCUT2D eigenvalue weighted by atomic mass is 35.5. The zero-order valence-corrected chi connectivity index (χ0v) is 11.2. The van der Waals surface area contributed by atoms with Crippen LogP contribution in [0.3, 0.4) is 0 Å². The second kappa shape index (κ2) is 4.99. The Bertz CT molecular complexity index is 652. The number of nitrogens with zero attached hydrogens (tertiary/aromatic N) is 2. The normalized spacial score (nSPS) is 11.4. The fourth-order valence-corrected chi connectivity index (χ4v) is 2.22. The van der Waals surface area contributed by atoms with Crippen LogP contribution in [-0.2, 0) is 16.6 Å². The van der Waals surface area contributed by atoms with Gasteiger partial charge in [-0.2, -0.15) is 5.10 Å². The average molecular weight is 286 g/mol. The Labute approximate surface area is 110 Å². The fourth-order valence-electron chi connectivity index (χ4n) is 1.52. The molecule has 0 spiro atoms. The summed E-state index contributed by atoms with van der Waals surface area (Å²) in [6.45, 7) is 0.534. The molecule has 0 saturated carbocycles. The van der Waals surface area contributed by atoms with Gasteiger partial charge in [0.25, 0.3) is 0 Å². The van der Waals surface area contributed by atoms with Gasteiger partial charge in [0.2, 0.25) is 10.0 Å². The van der Waals surface area contributed by atoms with Crippen LogP contribution in [0.15, 0.2) is 36.5 Å². The van der Waals surface area contributed by atoms with Gasteiger partial charge in [0.05, 0.1) is 12.8 Å². The minimum Gasteiger partial charge on any atom is -0.266 e. The Kier molecular flexibility index (Phi) is 3.58. The van der Waals surface area contributed by atoms with Gasteiger partial charge in [-0.3, -0.25) is 9.40 Å². The summed E-state index contributed by atoms with van der Waals surface area (Å²) in [7, 11) is -3.29. The van der Waals surface area contributed by atoms with Crippen molar-refractivity contribution in [2.24, 2.45) is 0 Å². The van der Waals surface area contributed by atoms with E-state index in [0.29, 0.717) is 17.4 Å². The highest BCUT2D eigenvalue weighted by molar-refractivity contribution is 7.92. The van der Waals surface area contributed by atoms with Gasteiger partial charge in [0.1, 0.15) is 0 Å². The third-order valence-corrected chi connectivity index (χ3v) is 2.98. The molecule has 0 bridgehead atoms. The molecule has 18 heavy (non-hydrogen) atoms. The monoisotopic (exact) mass is 285 g/mol. The first-order chi connectivity index (χ1) is 8.42. The maximum absolute atomic E-state index is 11.0. The topological polar surface area (TPSA) is 64.0 Å².